The maximum absolute atomic E-state index is 13.1. The number of carbonyl (C=O) groups is 4. The van der Waals surface area contributed by atoms with Crippen LogP contribution in [0.4, 0.5) is 10.5 Å². The summed E-state index contributed by atoms with van der Waals surface area (Å²) in [7, 11) is 1.41. The first-order valence-electron chi connectivity index (χ1n) is 12.5. The second-order valence-electron chi connectivity index (χ2n) is 9.19. The van der Waals surface area contributed by atoms with E-state index >= 15 is 0 Å². The molecule has 0 fully saturated rings. The van der Waals surface area contributed by atoms with Crippen LogP contribution in [0.2, 0.25) is 0 Å². The van der Waals surface area contributed by atoms with E-state index in [-0.39, 0.29) is 34.9 Å². The molecule has 9 nitrogen and oxygen atoms in total. The number of hydrogen-bond donors (Lipinski definition) is 1. The maximum Gasteiger partial charge on any atom is 0.411 e. The fourth-order valence-electron chi connectivity index (χ4n) is 5.05. The number of hydroxylamine groups is 2. The van der Waals surface area contributed by atoms with Gasteiger partial charge in [0.1, 0.15) is 12.4 Å². The van der Waals surface area contributed by atoms with Crippen LogP contribution in [0.5, 0.6) is 5.75 Å². The quantitative estimate of drug-likeness (QED) is 0.329. The molecule has 0 saturated carbocycles. The van der Waals surface area contributed by atoms with Gasteiger partial charge in [0, 0.05) is 5.92 Å². The average Bonchev–Trinajstić information content (AvgIpc) is 3.43. The lowest BCUT2D eigenvalue weighted by atomic mass is 9.98. The second-order valence-corrected chi connectivity index (χ2v) is 9.19. The molecular weight excluding hydrogens is 512 g/mol. The lowest BCUT2D eigenvalue weighted by Crippen LogP contribution is -2.33. The zero-order chi connectivity index (χ0) is 27.8. The molecule has 1 aliphatic heterocycles. The monoisotopic (exact) mass is 534 g/mol. The van der Waals surface area contributed by atoms with Gasteiger partial charge in [0.05, 0.1) is 29.5 Å². The van der Waals surface area contributed by atoms with Crippen LogP contribution in [0.3, 0.4) is 0 Å². The Kier molecular flexibility index (Phi) is 6.24. The molecule has 4 aromatic rings. The molecule has 1 N–H and O–H groups in total. The SMILES string of the molecule is COc1ccc(NC(=O)OCC2c3ccccc3-c3ccccc32)c(C(=O)ON2C(=O)c3ccccc3C2=O)c1. The maximum atomic E-state index is 13.1. The largest absolute Gasteiger partial charge is 0.497 e. The van der Waals surface area contributed by atoms with Gasteiger partial charge in [0.15, 0.2) is 0 Å². The fourth-order valence-corrected chi connectivity index (χ4v) is 5.05. The number of ether oxygens (including phenoxy) is 2. The van der Waals surface area contributed by atoms with E-state index in [1.54, 1.807) is 12.1 Å². The molecule has 0 atom stereocenters. The van der Waals surface area contributed by atoms with Gasteiger partial charge in [0.2, 0.25) is 0 Å². The number of carbonyl (C=O) groups excluding carboxylic acids is 4. The Hall–Kier alpha value is -5.44. The number of anilines is 1. The van der Waals surface area contributed by atoms with E-state index in [1.807, 2.05) is 48.5 Å². The zero-order valence-corrected chi connectivity index (χ0v) is 21.2. The Morgan fingerprint density at radius 2 is 1.32 bits per heavy atom. The molecule has 0 spiro atoms. The molecule has 2 aliphatic rings. The zero-order valence-electron chi connectivity index (χ0n) is 21.2. The van der Waals surface area contributed by atoms with Gasteiger partial charge in [-0.15, -0.1) is 0 Å². The van der Waals surface area contributed by atoms with Crippen molar-refractivity contribution in [3.8, 4) is 16.9 Å². The van der Waals surface area contributed by atoms with E-state index < -0.39 is 23.9 Å². The highest BCUT2D eigenvalue weighted by atomic mass is 16.7. The van der Waals surface area contributed by atoms with Crippen molar-refractivity contribution in [1.82, 2.24) is 5.06 Å². The molecule has 6 rings (SSSR count). The van der Waals surface area contributed by atoms with Gasteiger partial charge in [-0.1, -0.05) is 65.7 Å². The van der Waals surface area contributed by atoms with Crippen LogP contribution in [0.25, 0.3) is 11.1 Å². The van der Waals surface area contributed by atoms with E-state index in [0.29, 0.717) is 10.8 Å². The van der Waals surface area contributed by atoms with Crippen LogP contribution in [0, 0.1) is 0 Å². The minimum absolute atomic E-state index is 0.0552. The van der Waals surface area contributed by atoms with Crippen molar-refractivity contribution in [2.24, 2.45) is 0 Å². The minimum Gasteiger partial charge on any atom is -0.497 e. The molecule has 40 heavy (non-hydrogen) atoms. The Balaban J connectivity index is 1.19. The Bertz CT molecular complexity index is 1620. The van der Waals surface area contributed by atoms with Crippen molar-refractivity contribution in [1.29, 1.82) is 0 Å². The summed E-state index contributed by atoms with van der Waals surface area (Å²) in [4.78, 5) is 56.5. The van der Waals surface area contributed by atoms with Gasteiger partial charge in [-0.05, 0) is 52.6 Å². The van der Waals surface area contributed by atoms with Crippen LogP contribution < -0.4 is 10.1 Å². The number of rotatable bonds is 6. The predicted molar refractivity (Wildman–Crippen MR) is 144 cm³/mol. The van der Waals surface area contributed by atoms with E-state index in [2.05, 4.69) is 5.32 Å². The molecule has 1 heterocycles. The van der Waals surface area contributed by atoms with Crippen molar-refractivity contribution in [2.75, 3.05) is 19.0 Å². The molecule has 9 heteroatoms. The van der Waals surface area contributed by atoms with Crippen LogP contribution in [0.15, 0.2) is 91.0 Å². The van der Waals surface area contributed by atoms with E-state index in [1.165, 1.54) is 37.4 Å². The summed E-state index contributed by atoms with van der Waals surface area (Å²) in [6.45, 7) is 0.0742. The van der Waals surface area contributed by atoms with E-state index in [9.17, 15) is 19.2 Å². The van der Waals surface area contributed by atoms with Crippen LogP contribution in [0.1, 0.15) is 48.1 Å². The highest BCUT2D eigenvalue weighted by Crippen LogP contribution is 2.44. The number of fused-ring (bicyclic) bond motifs is 4. The fraction of sp³-hybridized carbons (Fsp3) is 0.0968. The first kappa shape index (κ1) is 24.9. The number of hydrogen-bond acceptors (Lipinski definition) is 7. The summed E-state index contributed by atoms with van der Waals surface area (Å²) in [5, 5.41) is 2.98. The molecule has 198 valence electrons. The van der Waals surface area contributed by atoms with Crippen LogP contribution >= 0.6 is 0 Å². The summed E-state index contributed by atoms with van der Waals surface area (Å²) >= 11 is 0. The van der Waals surface area contributed by atoms with Crippen molar-refractivity contribution in [3.05, 3.63) is 119 Å². The smallest absolute Gasteiger partial charge is 0.411 e. The average molecular weight is 535 g/mol. The van der Waals surface area contributed by atoms with Crippen molar-refractivity contribution in [2.45, 2.75) is 5.92 Å². The van der Waals surface area contributed by atoms with Gasteiger partial charge in [-0.3, -0.25) is 14.9 Å². The van der Waals surface area contributed by atoms with Crippen LogP contribution in [-0.4, -0.2) is 42.7 Å². The first-order chi connectivity index (χ1) is 19.5. The number of amides is 3. The molecular formula is C31H22N2O7. The number of benzene rings is 4. The Morgan fingerprint density at radius 3 is 1.90 bits per heavy atom. The van der Waals surface area contributed by atoms with Gasteiger partial charge in [-0.2, -0.15) is 0 Å². The Morgan fingerprint density at radius 1 is 0.775 bits per heavy atom. The van der Waals surface area contributed by atoms with E-state index in [0.717, 1.165) is 22.3 Å². The third kappa shape index (κ3) is 4.23. The van der Waals surface area contributed by atoms with E-state index in [4.69, 9.17) is 14.3 Å². The molecule has 3 amide bonds. The summed E-state index contributed by atoms with van der Waals surface area (Å²) in [5.41, 5.74) is 4.49. The summed E-state index contributed by atoms with van der Waals surface area (Å²) in [5.74, 6) is -2.41. The number of nitrogens with one attached hydrogen (secondary N) is 1. The molecule has 0 bridgehead atoms. The lowest BCUT2D eigenvalue weighted by Gasteiger charge is -2.17. The summed E-state index contributed by atoms with van der Waals surface area (Å²) < 4.78 is 10.8. The van der Waals surface area contributed by atoms with Gasteiger partial charge in [-0.25, -0.2) is 9.59 Å². The predicted octanol–water partition coefficient (Wildman–Crippen LogP) is 5.42. The van der Waals surface area contributed by atoms with Crippen molar-refractivity contribution < 1.29 is 33.5 Å². The van der Waals surface area contributed by atoms with Crippen molar-refractivity contribution in [3.63, 3.8) is 0 Å². The standard InChI is InChI=1S/C31H22N2O7/c1-38-18-14-15-27(25(16-18)30(36)40-33-28(34)23-12-6-7-13-24(23)29(33)35)32-31(37)39-17-26-21-10-4-2-8-19(21)20-9-3-5-11-22(20)26/h2-16,26H,17H2,1H3,(H,32,37). The molecule has 4 aromatic carbocycles. The van der Waals surface area contributed by atoms with Gasteiger partial charge >= 0.3 is 12.1 Å². The van der Waals surface area contributed by atoms with Gasteiger partial charge in [0.25, 0.3) is 11.8 Å². The third-order valence-electron chi connectivity index (χ3n) is 6.96. The molecule has 0 unspecified atom stereocenters. The number of methoxy groups -OCH3 is 1. The number of nitrogens with zero attached hydrogens (tertiary/aromatic N) is 1. The van der Waals surface area contributed by atoms with Crippen LogP contribution in [-0.2, 0) is 9.57 Å². The Labute approximate surface area is 228 Å². The second kappa shape index (κ2) is 10.0. The molecule has 0 radical (unpaired) electrons. The normalized spacial score (nSPS) is 13.4. The highest BCUT2D eigenvalue weighted by molar-refractivity contribution is 6.21. The number of imide groups is 1. The summed E-state index contributed by atoms with van der Waals surface area (Å²) in [6, 6.07) is 26.4. The summed E-state index contributed by atoms with van der Waals surface area (Å²) in [6.07, 6.45) is -0.790. The lowest BCUT2D eigenvalue weighted by molar-refractivity contribution is -0.0584. The highest BCUT2D eigenvalue weighted by Gasteiger charge is 2.39. The minimum atomic E-state index is -1.04. The molecule has 0 saturated heterocycles. The van der Waals surface area contributed by atoms with Crippen molar-refractivity contribution >= 4 is 29.6 Å². The molecule has 0 aromatic heterocycles. The van der Waals surface area contributed by atoms with Gasteiger partial charge < -0.3 is 14.3 Å². The topological polar surface area (TPSA) is 111 Å². The third-order valence-corrected chi connectivity index (χ3v) is 6.96. The molecule has 1 aliphatic carbocycles. The first-order valence-corrected chi connectivity index (χ1v) is 12.5.